The number of nitrogens with zero attached hydrogens (tertiary/aromatic N) is 2. The van der Waals surface area contributed by atoms with Crippen LogP contribution in [-0.4, -0.2) is 34.7 Å². The Morgan fingerprint density at radius 1 is 1.25 bits per heavy atom. The highest BCUT2D eigenvalue weighted by Gasteiger charge is 2.34. The van der Waals surface area contributed by atoms with Crippen molar-refractivity contribution in [1.29, 1.82) is 0 Å². The number of aromatic nitrogens is 1. The number of rotatable bonds is 4. The van der Waals surface area contributed by atoms with Crippen molar-refractivity contribution in [2.24, 2.45) is 0 Å². The minimum Gasteiger partial charge on any atom is -0.388 e. The predicted molar refractivity (Wildman–Crippen MR) is 93.4 cm³/mol. The van der Waals surface area contributed by atoms with Gasteiger partial charge < -0.3 is 15.3 Å². The van der Waals surface area contributed by atoms with Gasteiger partial charge in [0.25, 0.3) is 5.91 Å². The van der Waals surface area contributed by atoms with Gasteiger partial charge in [0, 0.05) is 25.0 Å². The van der Waals surface area contributed by atoms with Crippen LogP contribution in [0.25, 0.3) is 0 Å². The fourth-order valence-corrected chi connectivity index (χ4v) is 3.42. The number of hydrogen-bond donors (Lipinski definition) is 2. The number of carbonyl (C=O) groups excluding carboxylic acids is 1. The average molecular weight is 323 g/mol. The Morgan fingerprint density at radius 3 is 2.88 bits per heavy atom. The van der Waals surface area contributed by atoms with Crippen LogP contribution in [-0.2, 0) is 6.42 Å². The summed E-state index contributed by atoms with van der Waals surface area (Å²) < 4.78 is 0. The van der Waals surface area contributed by atoms with Crippen molar-refractivity contribution in [2.75, 3.05) is 23.3 Å². The molecular formula is C19H21N3O2. The predicted octanol–water partition coefficient (Wildman–Crippen LogP) is 2.61. The number of aliphatic hydroxyl groups is 1. The Kier molecular flexibility index (Phi) is 3.73. The fraction of sp³-hybridized carbons (Fsp3) is 0.368. The first-order chi connectivity index (χ1) is 11.7. The van der Waals surface area contributed by atoms with E-state index < -0.39 is 5.60 Å². The Hall–Kier alpha value is -2.40. The molecule has 2 N–H and O–H groups in total. The third-order valence-corrected chi connectivity index (χ3v) is 5.04. The van der Waals surface area contributed by atoms with E-state index in [1.807, 2.05) is 23.1 Å². The Morgan fingerprint density at radius 2 is 2.08 bits per heavy atom. The minimum atomic E-state index is -0.655. The number of hydrogen-bond acceptors (Lipinski definition) is 4. The van der Waals surface area contributed by atoms with E-state index in [4.69, 9.17) is 0 Å². The van der Waals surface area contributed by atoms with Gasteiger partial charge in [0.1, 0.15) is 5.82 Å². The second-order valence-corrected chi connectivity index (χ2v) is 6.67. The largest absolute Gasteiger partial charge is 0.388 e. The maximum absolute atomic E-state index is 13.0. The SMILES string of the molecule is O=C(c1cccnc1NCC1(O)CCC1)N1CCc2ccccc21. The van der Waals surface area contributed by atoms with Crippen LogP contribution in [0.3, 0.4) is 0 Å². The van der Waals surface area contributed by atoms with Crippen molar-refractivity contribution < 1.29 is 9.90 Å². The van der Waals surface area contributed by atoms with Gasteiger partial charge >= 0.3 is 0 Å². The van der Waals surface area contributed by atoms with Crippen molar-refractivity contribution in [3.8, 4) is 0 Å². The normalized spacial score (nSPS) is 18.0. The fourth-order valence-electron chi connectivity index (χ4n) is 3.42. The Labute approximate surface area is 141 Å². The van der Waals surface area contributed by atoms with Crippen LogP contribution in [0.2, 0.25) is 0 Å². The number of carbonyl (C=O) groups is 1. The van der Waals surface area contributed by atoms with E-state index in [-0.39, 0.29) is 5.91 Å². The molecule has 1 fully saturated rings. The van der Waals surface area contributed by atoms with Gasteiger partial charge in [-0.2, -0.15) is 0 Å². The lowest BCUT2D eigenvalue weighted by atomic mass is 9.80. The molecule has 0 radical (unpaired) electrons. The van der Waals surface area contributed by atoms with E-state index in [9.17, 15) is 9.90 Å². The smallest absolute Gasteiger partial charge is 0.262 e. The van der Waals surface area contributed by atoms with Crippen molar-refractivity contribution >= 4 is 17.4 Å². The van der Waals surface area contributed by atoms with Crippen molar-refractivity contribution in [3.05, 3.63) is 53.7 Å². The van der Waals surface area contributed by atoms with Crippen LogP contribution >= 0.6 is 0 Å². The molecule has 5 nitrogen and oxygen atoms in total. The highest BCUT2D eigenvalue weighted by atomic mass is 16.3. The highest BCUT2D eigenvalue weighted by Crippen LogP contribution is 2.33. The monoisotopic (exact) mass is 323 g/mol. The zero-order valence-corrected chi connectivity index (χ0v) is 13.5. The molecule has 0 unspecified atom stereocenters. The molecule has 24 heavy (non-hydrogen) atoms. The average Bonchev–Trinajstić information content (AvgIpc) is 3.02. The summed E-state index contributed by atoms with van der Waals surface area (Å²) in [6, 6.07) is 11.6. The van der Waals surface area contributed by atoms with Gasteiger partial charge in [-0.1, -0.05) is 18.2 Å². The molecule has 1 aromatic carbocycles. The van der Waals surface area contributed by atoms with Gasteiger partial charge in [-0.3, -0.25) is 4.79 Å². The number of anilines is 2. The zero-order valence-electron chi connectivity index (χ0n) is 13.5. The molecule has 0 atom stereocenters. The van der Waals surface area contributed by atoms with Crippen LogP contribution < -0.4 is 10.2 Å². The maximum Gasteiger partial charge on any atom is 0.262 e. The van der Waals surface area contributed by atoms with Gasteiger partial charge in [-0.05, 0) is 49.4 Å². The van der Waals surface area contributed by atoms with Crippen LogP contribution in [0.15, 0.2) is 42.6 Å². The molecule has 0 spiro atoms. The van der Waals surface area contributed by atoms with Gasteiger partial charge in [0.15, 0.2) is 0 Å². The summed E-state index contributed by atoms with van der Waals surface area (Å²) in [6.07, 6.45) is 5.20. The first-order valence-electron chi connectivity index (χ1n) is 8.47. The van der Waals surface area contributed by atoms with E-state index in [0.29, 0.717) is 24.5 Å². The van der Waals surface area contributed by atoms with E-state index in [1.165, 1.54) is 5.56 Å². The van der Waals surface area contributed by atoms with Crippen molar-refractivity contribution in [3.63, 3.8) is 0 Å². The summed E-state index contributed by atoms with van der Waals surface area (Å²) in [5, 5.41) is 13.4. The number of fused-ring (bicyclic) bond motifs is 1. The molecule has 1 amide bonds. The molecule has 1 aromatic heterocycles. The number of benzene rings is 1. The lowest BCUT2D eigenvalue weighted by molar-refractivity contribution is -0.0202. The maximum atomic E-state index is 13.0. The Bertz CT molecular complexity index is 771. The molecule has 2 aliphatic rings. The zero-order chi connectivity index (χ0) is 16.6. The standard InChI is InChI=1S/C19H21N3O2/c23-18(22-12-8-14-5-1-2-7-16(14)22)15-6-3-11-20-17(15)21-13-19(24)9-4-10-19/h1-3,5-7,11,24H,4,8-10,12-13H2,(H,20,21). The van der Waals surface area contributed by atoms with E-state index in [1.54, 1.807) is 18.3 Å². The third-order valence-electron chi connectivity index (χ3n) is 5.04. The van der Waals surface area contributed by atoms with Gasteiger partial charge in [-0.15, -0.1) is 0 Å². The third kappa shape index (κ3) is 2.65. The van der Waals surface area contributed by atoms with Gasteiger partial charge in [-0.25, -0.2) is 4.98 Å². The van der Waals surface area contributed by atoms with Crippen molar-refractivity contribution in [2.45, 2.75) is 31.3 Å². The molecule has 1 aliphatic carbocycles. The van der Waals surface area contributed by atoms with Crippen LogP contribution in [0.4, 0.5) is 11.5 Å². The summed E-state index contributed by atoms with van der Waals surface area (Å²) in [5.74, 6) is 0.503. The quantitative estimate of drug-likeness (QED) is 0.908. The van der Waals surface area contributed by atoms with Crippen LogP contribution in [0.1, 0.15) is 35.2 Å². The molecule has 0 bridgehead atoms. The van der Waals surface area contributed by atoms with E-state index in [2.05, 4.69) is 16.4 Å². The summed E-state index contributed by atoms with van der Waals surface area (Å²) in [6.45, 7) is 1.12. The lowest BCUT2D eigenvalue weighted by Gasteiger charge is -2.36. The molecule has 0 saturated heterocycles. The van der Waals surface area contributed by atoms with Crippen LogP contribution in [0, 0.1) is 0 Å². The Balaban J connectivity index is 1.57. The molecule has 2 aromatic rings. The second-order valence-electron chi connectivity index (χ2n) is 6.67. The molecule has 5 heteroatoms. The van der Waals surface area contributed by atoms with Crippen LogP contribution in [0.5, 0.6) is 0 Å². The van der Waals surface area contributed by atoms with Crippen molar-refractivity contribution in [1.82, 2.24) is 4.98 Å². The van der Waals surface area contributed by atoms with Gasteiger partial charge in [0.2, 0.25) is 0 Å². The molecule has 1 saturated carbocycles. The highest BCUT2D eigenvalue weighted by molar-refractivity contribution is 6.10. The summed E-state index contributed by atoms with van der Waals surface area (Å²) in [7, 11) is 0. The number of nitrogens with one attached hydrogen (secondary N) is 1. The first-order valence-corrected chi connectivity index (χ1v) is 8.47. The molecule has 1 aliphatic heterocycles. The molecular weight excluding hydrogens is 302 g/mol. The molecule has 4 rings (SSSR count). The minimum absolute atomic E-state index is 0.0452. The lowest BCUT2D eigenvalue weighted by Crippen LogP contribution is -2.43. The number of amides is 1. The summed E-state index contributed by atoms with van der Waals surface area (Å²) >= 11 is 0. The topological polar surface area (TPSA) is 65.5 Å². The van der Waals surface area contributed by atoms with E-state index in [0.717, 1.165) is 31.4 Å². The van der Waals surface area contributed by atoms with E-state index >= 15 is 0 Å². The molecule has 2 heterocycles. The summed E-state index contributed by atoms with van der Waals surface area (Å²) in [4.78, 5) is 19.2. The second kappa shape index (κ2) is 5.91. The van der Waals surface area contributed by atoms with Gasteiger partial charge in [0.05, 0.1) is 11.2 Å². The summed E-state index contributed by atoms with van der Waals surface area (Å²) in [5.41, 5.74) is 2.08. The molecule has 124 valence electrons. The number of pyridine rings is 1. The number of para-hydroxylation sites is 1. The first kappa shape index (κ1) is 15.1.